The van der Waals surface area contributed by atoms with Gasteiger partial charge >= 0.3 is 5.69 Å². The molecule has 1 aliphatic heterocycles. The highest BCUT2D eigenvalue weighted by atomic mass is 16.3. The van der Waals surface area contributed by atoms with Gasteiger partial charge in [0, 0.05) is 42.8 Å². The first-order valence-corrected chi connectivity index (χ1v) is 17.3. The zero-order chi connectivity index (χ0) is 34.1. The molecular formula is C37H47N5O6. The van der Waals surface area contributed by atoms with E-state index < -0.39 is 17.4 Å². The number of fused-ring (bicyclic) bond motifs is 3. The third-order valence-corrected chi connectivity index (χ3v) is 12.0. The van der Waals surface area contributed by atoms with Crippen molar-refractivity contribution in [1.82, 2.24) is 24.2 Å². The summed E-state index contributed by atoms with van der Waals surface area (Å²) in [5.74, 6) is 0.886. The lowest BCUT2D eigenvalue weighted by molar-refractivity contribution is -0.255. The standard InChI is InChI=1S/C37H47N5O6/c1-21(2)26-18-27(30(44)19-29(26)43)34-38-39-35(47)42(34)25-5-6-28-23(15-25)10-14-40(28)11-7-22-8-12-41(13-9-22)33(46)20-37(48)31-16-24(17-32(37)45)36(31,3)4/h5-6,10,14-15,18-19,21-22,24,31-32,43-45,48H,7-9,11-13,16-17,20H2,1-4H3,(H,39,47)/t24-,31-,32-,37+/m0/s1. The van der Waals surface area contributed by atoms with Gasteiger partial charge in [-0.25, -0.2) is 14.5 Å². The molecule has 5 N–H and O–H groups in total. The minimum Gasteiger partial charge on any atom is -0.508 e. The molecule has 2 aromatic heterocycles. The number of H-pyrrole nitrogens is 1. The second-order valence-corrected chi connectivity index (χ2v) is 15.4. The highest BCUT2D eigenvalue weighted by molar-refractivity contribution is 5.83. The molecule has 3 aliphatic carbocycles. The number of hydrogen-bond acceptors (Lipinski definition) is 7. The molecule has 2 bridgehead atoms. The van der Waals surface area contributed by atoms with Crippen LogP contribution in [0.3, 0.4) is 0 Å². The molecule has 3 heterocycles. The zero-order valence-corrected chi connectivity index (χ0v) is 28.2. The predicted octanol–water partition coefficient (Wildman–Crippen LogP) is 4.89. The summed E-state index contributed by atoms with van der Waals surface area (Å²) in [5, 5.41) is 50.8. The van der Waals surface area contributed by atoms with Crippen molar-refractivity contribution in [3.05, 3.63) is 58.6 Å². The number of likely N-dealkylation sites (tertiary alicyclic amines) is 1. The van der Waals surface area contributed by atoms with Crippen LogP contribution in [0.1, 0.15) is 77.7 Å². The van der Waals surface area contributed by atoms with Gasteiger partial charge in [0.25, 0.3) is 0 Å². The summed E-state index contributed by atoms with van der Waals surface area (Å²) in [6, 6.07) is 10.8. The molecule has 0 spiro atoms. The quantitative estimate of drug-likeness (QED) is 0.181. The summed E-state index contributed by atoms with van der Waals surface area (Å²) in [6.45, 7) is 10.3. The monoisotopic (exact) mass is 657 g/mol. The molecule has 0 unspecified atom stereocenters. The Labute approximate surface area is 279 Å². The molecule has 4 atom stereocenters. The fourth-order valence-electron chi connectivity index (χ4n) is 8.83. The summed E-state index contributed by atoms with van der Waals surface area (Å²) in [4.78, 5) is 28.1. The number of carbonyl (C=O) groups is 1. The number of aryl methyl sites for hydroxylation is 1. The lowest BCUT2D eigenvalue weighted by Gasteiger charge is -2.65. The Morgan fingerprint density at radius 3 is 2.52 bits per heavy atom. The van der Waals surface area contributed by atoms with Crippen LogP contribution in [0.2, 0.25) is 0 Å². The number of aliphatic hydroxyl groups is 2. The first-order valence-electron chi connectivity index (χ1n) is 17.3. The number of aromatic hydroxyl groups is 2. The van der Waals surface area contributed by atoms with E-state index in [1.165, 1.54) is 10.6 Å². The molecule has 11 heteroatoms. The predicted molar refractivity (Wildman–Crippen MR) is 182 cm³/mol. The van der Waals surface area contributed by atoms with Crippen molar-refractivity contribution < 1.29 is 25.2 Å². The number of amides is 1. The van der Waals surface area contributed by atoms with E-state index >= 15 is 0 Å². The zero-order valence-electron chi connectivity index (χ0n) is 28.2. The smallest absolute Gasteiger partial charge is 0.348 e. The fourth-order valence-corrected chi connectivity index (χ4v) is 8.83. The van der Waals surface area contributed by atoms with E-state index in [1.54, 1.807) is 6.07 Å². The number of carbonyl (C=O) groups excluding carboxylic acids is 1. The molecule has 1 saturated heterocycles. The highest BCUT2D eigenvalue weighted by Crippen LogP contribution is 2.63. The Morgan fingerprint density at radius 1 is 1.06 bits per heavy atom. The van der Waals surface area contributed by atoms with Crippen molar-refractivity contribution in [3.8, 4) is 28.6 Å². The lowest BCUT2D eigenvalue weighted by atomic mass is 9.43. The first-order chi connectivity index (χ1) is 22.8. The number of aliphatic hydroxyl groups excluding tert-OH is 1. The summed E-state index contributed by atoms with van der Waals surface area (Å²) in [5.41, 5.74) is 0.836. The van der Waals surface area contributed by atoms with Crippen LogP contribution in [-0.2, 0) is 11.3 Å². The number of hydrogen-bond donors (Lipinski definition) is 5. The van der Waals surface area contributed by atoms with E-state index in [0.717, 1.165) is 43.1 Å². The second-order valence-electron chi connectivity index (χ2n) is 15.4. The number of benzene rings is 2. The van der Waals surface area contributed by atoms with E-state index in [4.69, 9.17) is 0 Å². The lowest BCUT2D eigenvalue weighted by Crippen LogP contribution is -2.68. The Morgan fingerprint density at radius 2 is 1.81 bits per heavy atom. The van der Waals surface area contributed by atoms with E-state index in [9.17, 15) is 30.0 Å². The maximum atomic E-state index is 13.3. The van der Waals surface area contributed by atoms with Gasteiger partial charge in [0.2, 0.25) is 5.91 Å². The molecule has 11 nitrogen and oxygen atoms in total. The molecule has 8 rings (SSSR count). The average molecular weight is 658 g/mol. The van der Waals surface area contributed by atoms with Gasteiger partial charge in [-0.3, -0.25) is 4.79 Å². The molecule has 3 saturated carbocycles. The van der Waals surface area contributed by atoms with Gasteiger partial charge in [-0.15, -0.1) is 0 Å². The van der Waals surface area contributed by atoms with Gasteiger partial charge in [-0.05, 0) is 97.1 Å². The normalized spacial score (nSPS) is 25.5. The van der Waals surface area contributed by atoms with Crippen molar-refractivity contribution in [1.29, 1.82) is 0 Å². The van der Waals surface area contributed by atoms with Crippen molar-refractivity contribution in [2.75, 3.05) is 13.1 Å². The Bertz CT molecular complexity index is 1910. The van der Waals surface area contributed by atoms with Gasteiger partial charge in [0.1, 0.15) is 17.1 Å². The molecule has 48 heavy (non-hydrogen) atoms. The Hall–Kier alpha value is -4.09. The maximum Gasteiger partial charge on any atom is 0.348 e. The summed E-state index contributed by atoms with van der Waals surface area (Å²) < 4.78 is 3.64. The molecule has 4 fully saturated rings. The molecule has 0 radical (unpaired) electrons. The van der Waals surface area contributed by atoms with E-state index in [0.29, 0.717) is 48.2 Å². The van der Waals surface area contributed by atoms with Gasteiger partial charge in [-0.1, -0.05) is 27.7 Å². The summed E-state index contributed by atoms with van der Waals surface area (Å²) in [6.07, 6.45) is 5.45. The van der Waals surface area contributed by atoms with Crippen LogP contribution < -0.4 is 5.69 Å². The molecular weight excluding hydrogens is 610 g/mol. The third-order valence-electron chi connectivity index (χ3n) is 12.0. The second kappa shape index (κ2) is 11.8. The molecule has 1 amide bonds. The third kappa shape index (κ3) is 5.31. The number of rotatable bonds is 8. The largest absolute Gasteiger partial charge is 0.508 e. The molecule has 4 aromatic rings. The number of phenols is 2. The minimum absolute atomic E-state index is 0.00147. The molecule has 4 aliphatic rings. The van der Waals surface area contributed by atoms with Crippen LogP contribution in [0.25, 0.3) is 28.0 Å². The molecule has 2 aromatic carbocycles. The van der Waals surface area contributed by atoms with E-state index in [-0.39, 0.29) is 46.9 Å². The van der Waals surface area contributed by atoms with Crippen LogP contribution in [-0.4, -0.2) is 75.4 Å². The topological polar surface area (TPSA) is 157 Å². The average Bonchev–Trinajstić information content (AvgIpc) is 3.63. The van der Waals surface area contributed by atoms with Crippen LogP contribution in [0.5, 0.6) is 11.5 Å². The Kier molecular flexibility index (Phi) is 7.98. The number of nitrogens with one attached hydrogen (secondary N) is 1. The fraction of sp³-hybridized carbons (Fsp3) is 0.541. The molecule has 256 valence electrons. The maximum absolute atomic E-state index is 13.3. The number of phenolic OH excluding ortho intramolecular Hbond substituents is 2. The summed E-state index contributed by atoms with van der Waals surface area (Å²) >= 11 is 0. The van der Waals surface area contributed by atoms with Gasteiger partial charge in [-0.2, -0.15) is 5.10 Å². The number of aromatic nitrogens is 4. The number of nitrogens with zero attached hydrogens (tertiary/aromatic N) is 4. The van der Waals surface area contributed by atoms with E-state index in [1.807, 2.05) is 43.0 Å². The van der Waals surface area contributed by atoms with Crippen molar-refractivity contribution in [2.24, 2.45) is 23.2 Å². The number of piperidine rings is 1. The number of aromatic amines is 1. The highest BCUT2D eigenvalue weighted by Gasteiger charge is 2.65. The van der Waals surface area contributed by atoms with Gasteiger partial charge in [0.15, 0.2) is 5.82 Å². The first kappa shape index (κ1) is 32.5. The Balaban J connectivity index is 0.997. The van der Waals surface area contributed by atoms with Gasteiger partial charge in [0.05, 0.1) is 23.8 Å². The van der Waals surface area contributed by atoms with Crippen LogP contribution in [0.15, 0.2) is 47.4 Å². The SMILES string of the molecule is CC(C)c1cc(-c2n[nH]c(=O)n2-c2ccc3c(ccn3CCC3CCN(C(=O)C[C@]4(O)[C@@H](O)C[C@@H]5C[C@H]4C5(C)C)CC3)c2)c(O)cc1O. The van der Waals surface area contributed by atoms with Crippen molar-refractivity contribution in [2.45, 2.75) is 90.4 Å². The van der Waals surface area contributed by atoms with Crippen molar-refractivity contribution >= 4 is 16.8 Å². The van der Waals surface area contributed by atoms with Crippen LogP contribution >= 0.6 is 0 Å². The summed E-state index contributed by atoms with van der Waals surface area (Å²) in [7, 11) is 0. The van der Waals surface area contributed by atoms with Crippen LogP contribution in [0.4, 0.5) is 0 Å². The van der Waals surface area contributed by atoms with E-state index in [2.05, 4.69) is 34.8 Å². The van der Waals surface area contributed by atoms with Crippen molar-refractivity contribution in [3.63, 3.8) is 0 Å². The van der Waals surface area contributed by atoms with Crippen LogP contribution in [0, 0.1) is 23.2 Å². The minimum atomic E-state index is -1.33. The van der Waals surface area contributed by atoms with Gasteiger partial charge < -0.3 is 29.9 Å².